The predicted molar refractivity (Wildman–Crippen MR) is 128 cm³/mol. The van der Waals surface area contributed by atoms with Gasteiger partial charge in [-0.2, -0.15) is 0 Å². The molecule has 0 radical (unpaired) electrons. The van der Waals surface area contributed by atoms with Crippen molar-refractivity contribution >= 4 is 44.9 Å². The molecule has 2 aromatic carbocycles. The molecular weight excluding hydrogens is 473 g/mol. The van der Waals surface area contributed by atoms with Crippen molar-refractivity contribution in [3.63, 3.8) is 0 Å². The number of aryl methyl sites for hydroxylation is 1. The fourth-order valence-electron chi connectivity index (χ4n) is 4.82. The van der Waals surface area contributed by atoms with Crippen LogP contribution in [0.15, 0.2) is 42.5 Å². The molecule has 1 N–H and O–H groups in total. The zero-order valence-corrected chi connectivity index (χ0v) is 19.8. The Kier molecular flexibility index (Phi) is 5.14. The van der Waals surface area contributed by atoms with Gasteiger partial charge in [0.15, 0.2) is 0 Å². The topological polar surface area (TPSA) is 88.1 Å². The smallest absolute Gasteiger partial charge is 0.274 e. The van der Waals surface area contributed by atoms with Crippen molar-refractivity contribution in [2.45, 2.75) is 19.4 Å². The Morgan fingerprint density at radius 2 is 2.12 bits per heavy atom. The van der Waals surface area contributed by atoms with Crippen molar-refractivity contribution in [3.05, 3.63) is 64.5 Å². The summed E-state index contributed by atoms with van der Waals surface area (Å²) in [7, 11) is 0. The lowest BCUT2D eigenvalue weighted by Gasteiger charge is -2.27. The van der Waals surface area contributed by atoms with Crippen LogP contribution in [-0.4, -0.2) is 50.4 Å². The van der Waals surface area contributed by atoms with E-state index in [9.17, 15) is 14.0 Å². The molecule has 7 nitrogen and oxygen atoms in total. The van der Waals surface area contributed by atoms with E-state index in [1.54, 1.807) is 24.3 Å². The van der Waals surface area contributed by atoms with Crippen LogP contribution in [0.1, 0.15) is 32.3 Å². The number of halogens is 1. The highest BCUT2D eigenvalue weighted by Crippen LogP contribution is 2.50. The van der Waals surface area contributed by atoms with E-state index < -0.39 is 0 Å². The minimum atomic E-state index is -0.350. The van der Waals surface area contributed by atoms with Gasteiger partial charge in [0, 0.05) is 18.7 Å². The quantitative estimate of drug-likeness (QED) is 0.451. The number of fused-ring (bicyclic) bond motifs is 2. The molecule has 1 aliphatic carbocycles. The summed E-state index contributed by atoms with van der Waals surface area (Å²) in [5.74, 6) is 0.130. The van der Waals surface area contributed by atoms with E-state index in [2.05, 4.69) is 19.9 Å². The number of rotatable bonds is 5. The van der Waals surface area contributed by atoms with Crippen molar-refractivity contribution < 1.29 is 14.0 Å². The van der Waals surface area contributed by atoms with E-state index in [4.69, 9.17) is 0 Å². The summed E-state index contributed by atoms with van der Waals surface area (Å²) < 4.78 is 18.7. The van der Waals surface area contributed by atoms with E-state index >= 15 is 0 Å². The minimum absolute atomic E-state index is 0.0894. The van der Waals surface area contributed by atoms with E-state index in [-0.39, 0.29) is 23.7 Å². The summed E-state index contributed by atoms with van der Waals surface area (Å²) >= 11 is 2.68. The molecule has 0 spiro atoms. The minimum Gasteiger partial charge on any atom is -0.350 e. The maximum Gasteiger partial charge on any atom is 0.274 e. The van der Waals surface area contributed by atoms with Crippen molar-refractivity contribution in [3.8, 4) is 10.4 Å². The molecule has 2 amide bonds. The van der Waals surface area contributed by atoms with Gasteiger partial charge in [0.25, 0.3) is 11.8 Å². The molecule has 1 aliphatic heterocycles. The summed E-state index contributed by atoms with van der Waals surface area (Å²) in [6, 6.07) is 11.5. The molecular formula is C24H20FN5O2S2. The zero-order chi connectivity index (χ0) is 23.4. The summed E-state index contributed by atoms with van der Waals surface area (Å²) in [6.07, 6.45) is 1.06. The summed E-state index contributed by atoms with van der Waals surface area (Å²) in [5, 5.41) is 7.79. The molecule has 34 heavy (non-hydrogen) atoms. The average Bonchev–Trinajstić information content (AvgIpc) is 3.15. The van der Waals surface area contributed by atoms with Gasteiger partial charge in [-0.15, -0.1) is 16.4 Å². The SMILES string of the molecule is Cc1nc(C(=O)N2C[C@H]3C[C@H]3[C@H]2CNC(=O)c2ccc3snnc3c2)c(-c2cccc(F)c2)s1. The van der Waals surface area contributed by atoms with Crippen LogP contribution in [0.3, 0.4) is 0 Å². The van der Waals surface area contributed by atoms with Gasteiger partial charge in [0.05, 0.1) is 20.6 Å². The third-order valence-corrected chi connectivity index (χ3v) is 8.29. The Hall–Kier alpha value is -3.24. The first-order chi connectivity index (χ1) is 16.5. The van der Waals surface area contributed by atoms with Crippen LogP contribution in [0.25, 0.3) is 20.7 Å². The van der Waals surface area contributed by atoms with Crippen molar-refractivity contribution in [1.82, 2.24) is 24.8 Å². The number of hydrogen-bond donors (Lipinski definition) is 1. The second-order valence-electron chi connectivity index (χ2n) is 8.77. The fourth-order valence-corrected chi connectivity index (χ4v) is 6.27. The first-order valence-electron chi connectivity index (χ1n) is 11.0. The second kappa shape index (κ2) is 8.21. The maximum absolute atomic E-state index is 13.8. The van der Waals surface area contributed by atoms with E-state index in [0.717, 1.165) is 16.1 Å². The Balaban J connectivity index is 1.21. The highest BCUT2D eigenvalue weighted by atomic mass is 32.1. The van der Waals surface area contributed by atoms with Gasteiger partial charge in [-0.3, -0.25) is 9.59 Å². The summed E-state index contributed by atoms with van der Waals surface area (Å²) in [4.78, 5) is 33.4. The van der Waals surface area contributed by atoms with Gasteiger partial charge in [-0.05, 0) is 72.6 Å². The molecule has 2 fully saturated rings. The Labute approximate surface area is 202 Å². The largest absolute Gasteiger partial charge is 0.350 e. The Morgan fingerprint density at radius 1 is 1.24 bits per heavy atom. The molecule has 1 saturated carbocycles. The van der Waals surface area contributed by atoms with E-state index in [0.29, 0.717) is 52.1 Å². The second-order valence-corrected chi connectivity index (χ2v) is 10.8. The Morgan fingerprint density at radius 3 is 2.97 bits per heavy atom. The fraction of sp³-hybridized carbons (Fsp3) is 0.292. The molecule has 3 heterocycles. The number of benzene rings is 2. The van der Waals surface area contributed by atoms with Gasteiger partial charge in [0.1, 0.15) is 17.0 Å². The normalized spacial score (nSPS) is 21.0. The number of thiazole rings is 1. The van der Waals surface area contributed by atoms with Gasteiger partial charge >= 0.3 is 0 Å². The predicted octanol–water partition coefficient (Wildman–Crippen LogP) is 4.15. The van der Waals surface area contributed by atoms with Crippen LogP contribution in [-0.2, 0) is 0 Å². The highest BCUT2D eigenvalue weighted by molar-refractivity contribution is 7.15. The number of carbonyl (C=O) groups excluding carboxylic acids is 2. The van der Waals surface area contributed by atoms with E-state index in [1.165, 1.54) is 35.0 Å². The first-order valence-corrected chi connectivity index (χ1v) is 12.6. The molecule has 0 bridgehead atoms. The summed E-state index contributed by atoms with van der Waals surface area (Å²) in [5.41, 5.74) is 2.22. The van der Waals surface area contributed by atoms with Gasteiger partial charge in [0.2, 0.25) is 0 Å². The molecule has 2 aromatic heterocycles. The molecule has 10 heteroatoms. The number of nitrogens with zero attached hydrogens (tertiary/aromatic N) is 4. The lowest BCUT2D eigenvalue weighted by Crippen LogP contribution is -2.45. The molecule has 172 valence electrons. The monoisotopic (exact) mass is 493 g/mol. The van der Waals surface area contributed by atoms with E-state index in [1.807, 2.05) is 17.9 Å². The number of hydrogen-bond acceptors (Lipinski definition) is 7. The van der Waals surface area contributed by atoms with Crippen molar-refractivity contribution in [1.29, 1.82) is 0 Å². The van der Waals surface area contributed by atoms with Gasteiger partial charge < -0.3 is 10.2 Å². The average molecular weight is 494 g/mol. The number of carbonyl (C=O) groups is 2. The van der Waals surface area contributed by atoms with Crippen molar-refractivity contribution in [2.75, 3.05) is 13.1 Å². The van der Waals surface area contributed by atoms with Crippen LogP contribution >= 0.6 is 22.9 Å². The molecule has 2 aliphatic rings. The van der Waals surface area contributed by atoms with Crippen molar-refractivity contribution in [2.24, 2.45) is 11.8 Å². The Bertz CT molecular complexity index is 1430. The molecule has 3 atom stereocenters. The molecule has 4 aromatic rings. The first kappa shape index (κ1) is 21.3. The number of likely N-dealkylation sites (tertiary alicyclic amines) is 1. The maximum atomic E-state index is 13.8. The molecule has 0 unspecified atom stereocenters. The van der Waals surface area contributed by atoms with Crippen LogP contribution in [0.4, 0.5) is 4.39 Å². The number of aromatic nitrogens is 3. The van der Waals surface area contributed by atoms with Crippen LogP contribution in [0.5, 0.6) is 0 Å². The van der Waals surface area contributed by atoms with Gasteiger partial charge in [-0.1, -0.05) is 16.6 Å². The van der Waals surface area contributed by atoms with Crippen LogP contribution in [0, 0.1) is 24.6 Å². The molecule has 6 rings (SSSR count). The molecule has 1 saturated heterocycles. The third kappa shape index (κ3) is 3.76. The van der Waals surface area contributed by atoms with Crippen LogP contribution < -0.4 is 5.32 Å². The number of piperidine rings is 1. The number of amides is 2. The lowest BCUT2D eigenvalue weighted by molar-refractivity contribution is 0.0690. The van der Waals surface area contributed by atoms with Crippen LogP contribution in [0.2, 0.25) is 0 Å². The third-order valence-electron chi connectivity index (χ3n) is 6.57. The lowest BCUT2D eigenvalue weighted by atomic mass is 10.1. The zero-order valence-electron chi connectivity index (χ0n) is 18.2. The highest BCUT2D eigenvalue weighted by Gasteiger charge is 2.54. The summed E-state index contributed by atoms with van der Waals surface area (Å²) in [6.45, 7) is 2.87. The number of nitrogens with one attached hydrogen (secondary N) is 1. The standard InChI is InChI=1S/C24H20FN5O2S2/c1-12-27-21(22(33-12)13-3-2-4-16(25)7-13)24(32)30-11-15-8-17(15)19(30)10-26-23(31)14-5-6-20-18(9-14)28-29-34-20/h2-7,9,15,17,19H,8,10-11H2,1H3,(H,26,31)/t15-,17-,19-/m1/s1. The van der Waals surface area contributed by atoms with Gasteiger partial charge in [-0.25, -0.2) is 9.37 Å².